The summed E-state index contributed by atoms with van der Waals surface area (Å²) < 4.78 is 3.38. The fraction of sp³-hybridized carbons (Fsp3) is 0.222. The molecule has 0 aliphatic rings. The number of nitrogens with zero attached hydrogens (tertiary/aromatic N) is 1. The summed E-state index contributed by atoms with van der Waals surface area (Å²) in [5, 5.41) is 4.88. The molecule has 3 aromatic rings. The first kappa shape index (κ1) is 14.2. The summed E-state index contributed by atoms with van der Waals surface area (Å²) in [4.78, 5) is 0. The van der Waals surface area contributed by atoms with Gasteiger partial charge in [-0.3, -0.25) is 0 Å². The molecule has 2 nitrogen and oxygen atoms in total. The molecule has 0 saturated carbocycles. The molecule has 0 bridgehead atoms. The minimum Gasteiger partial charge on any atom is -0.379 e. The van der Waals surface area contributed by atoms with Crippen molar-refractivity contribution in [2.45, 2.75) is 20.4 Å². The van der Waals surface area contributed by atoms with Gasteiger partial charge in [0.15, 0.2) is 0 Å². The van der Waals surface area contributed by atoms with Gasteiger partial charge in [-0.05, 0) is 59.1 Å². The van der Waals surface area contributed by atoms with Crippen LogP contribution in [-0.4, -0.2) is 4.57 Å². The van der Waals surface area contributed by atoms with Gasteiger partial charge in [0.05, 0.1) is 6.54 Å². The average Bonchev–Trinajstić information content (AvgIpc) is 2.73. The summed E-state index contributed by atoms with van der Waals surface area (Å²) in [5.74, 6) is 0. The fourth-order valence-electron chi connectivity index (χ4n) is 2.84. The van der Waals surface area contributed by atoms with Gasteiger partial charge in [0.1, 0.15) is 0 Å². The van der Waals surface area contributed by atoms with Crippen LogP contribution in [0.15, 0.2) is 46.9 Å². The number of rotatable bonds is 3. The Morgan fingerprint density at radius 1 is 1.10 bits per heavy atom. The maximum atomic E-state index is 3.61. The van der Waals surface area contributed by atoms with Crippen LogP contribution < -0.4 is 5.32 Å². The number of para-hydroxylation sites is 1. The molecule has 0 aliphatic heterocycles. The van der Waals surface area contributed by atoms with Gasteiger partial charge in [-0.15, -0.1) is 0 Å². The second kappa shape index (κ2) is 5.57. The predicted molar refractivity (Wildman–Crippen MR) is 93.9 cm³/mol. The highest BCUT2D eigenvalue weighted by atomic mass is 79.9. The maximum absolute atomic E-state index is 3.61. The summed E-state index contributed by atoms with van der Waals surface area (Å²) in [5.41, 5.74) is 6.36. The minimum atomic E-state index is 0.819. The van der Waals surface area contributed by atoms with Crippen molar-refractivity contribution in [3.63, 3.8) is 0 Å². The van der Waals surface area contributed by atoms with Gasteiger partial charge < -0.3 is 9.88 Å². The molecule has 0 amide bonds. The van der Waals surface area contributed by atoms with Crippen LogP contribution in [0, 0.1) is 13.8 Å². The van der Waals surface area contributed by atoms with Crippen molar-refractivity contribution in [3.8, 4) is 0 Å². The van der Waals surface area contributed by atoms with Crippen LogP contribution in [0.25, 0.3) is 10.9 Å². The quantitative estimate of drug-likeness (QED) is 0.694. The van der Waals surface area contributed by atoms with E-state index in [9.17, 15) is 0 Å². The molecular formula is C18H19BrN2. The van der Waals surface area contributed by atoms with E-state index < -0.39 is 0 Å². The van der Waals surface area contributed by atoms with Crippen LogP contribution in [0.4, 0.5) is 5.69 Å². The zero-order chi connectivity index (χ0) is 15.0. The largest absolute Gasteiger partial charge is 0.379 e. The number of fused-ring (bicyclic) bond motifs is 1. The molecule has 0 saturated heterocycles. The normalized spacial score (nSPS) is 11.0. The second-order valence-corrected chi connectivity index (χ2v) is 6.34. The molecule has 1 heterocycles. The summed E-state index contributed by atoms with van der Waals surface area (Å²) in [7, 11) is 2.14. The van der Waals surface area contributed by atoms with Crippen molar-refractivity contribution < 1.29 is 0 Å². The Bertz CT molecular complexity index is 763. The smallest absolute Gasteiger partial charge is 0.0556 e. The van der Waals surface area contributed by atoms with Crippen LogP contribution >= 0.6 is 15.9 Å². The van der Waals surface area contributed by atoms with Gasteiger partial charge in [-0.1, -0.05) is 24.3 Å². The first-order chi connectivity index (χ1) is 10.1. The summed E-state index contributed by atoms with van der Waals surface area (Å²) in [6.07, 6.45) is 0. The Hall–Kier alpha value is -1.74. The first-order valence-corrected chi connectivity index (χ1v) is 7.90. The third-order valence-corrected chi connectivity index (χ3v) is 4.77. The zero-order valence-corrected chi connectivity index (χ0v) is 14.2. The topological polar surface area (TPSA) is 17.0 Å². The lowest BCUT2D eigenvalue weighted by molar-refractivity contribution is 0.862. The lowest BCUT2D eigenvalue weighted by Gasteiger charge is -2.11. The molecule has 3 heteroatoms. The third kappa shape index (κ3) is 2.58. The van der Waals surface area contributed by atoms with Crippen molar-refractivity contribution >= 4 is 32.5 Å². The Morgan fingerprint density at radius 3 is 2.62 bits per heavy atom. The molecule has 0 atom stereocenters. The van der Waals surface area contributed by atoms with E-state index >= 15 is 0 Å². The zero-order valence-electron chi connectivity index (χ0n) is 12.6. The molecule has 3 rings (SSSR count). The average molecular weight is 343 g/mol. The minimum absolute atomic E-state index is 0.819. The van der Waals surface area contributed by atoms with Crippen LogP contribution in [-0.2, 0) is 13.6 Å². The molecule has 0 radical (unpaired) electrons. The molecule has 0 fully saturated rings. The van der Waals surface area contributed by atoms with E-state index in [1.807, 2.05) is 0 Å². The van der Waals surface area contributed by atoms with E-state index in [1.54, 1.807) is 0 Å². The highest BCUT2D eigenvalue weighted by Crippen LogP contribution is 2.27. The van der Waals surface area contributed by atoms with Crippen LogP contribution in [0.3, 0.4) is 0 Å². The molecule has 0 aliphatic carbocycles. The molecule has 0 unspecified atom stereocenters. The summed E-state index contributed by atoms with van der Waals surface area (Å²) in [6.45, 7) is 5.13. The van der Waals surface area contributed by atoms with Gasteiger partial charge in [-0.2, -0.15) is 0 Å². The fourth-order valence-corrected chi connectivity index (χ4v) is 3.23. The highest BCUT2D eigenvalue weighted by Gasteiger charge is 2.11. The van der Waals surface area contributed by atoms with Gasteiger partial charge >= 0.3 is 0 Å². The van der Waals surface area contributed by atoms with Gasteiger partial charge in [-0.25, -0.2) is 0 Å². The number of nitrogens with one attached hydrogen (secondary N) is 1. The van der Waals surface area contributed by atoms with Gasteiger partial charge in [0.25, 0.3) is 0 Å². The molecule has 21 heavy (non-hydrogen) atoms. The van der Waals surface area contributed by atoms with E-state index in [4.69, 9.17) is 0 Å². The van der Waals surface area contributed by atoms with E-state index in [0.29, 0.717) is 0 Å². The SMILES string of the molecule is Cc1ccc(Br)c(NCc2c(C)c3ccccc3n2C)c1. The van der Waals surface area contributed by atoms with Crippen molar-refractivity contribution in [2.75, 3.05) is 5.32 Å². The Labute approximate surface area is 133 Å². The molecule has 108 valence electrons. The molecule has 1 aromatic heterocycles. The maximum Gasteiger partial charge on any atom is 0.0556 e. The molecule has 2 aromatic carbocycles. The summed E-state index contributed by atoms with van der Waals surface area (Å²) >= 11 is 3.61. The molecule has 0 spiro atoms. The third-order valence-electron chi connectivity index (χ3n) is 4.08. The number of hydrogen-bond acceptors (Lipinski definition) is 1. The monoisotopic (exact) mass is 342 g/mol. The number of benzene rings is 2. The molecular weight excluding hydrogens is 324 g/mol. The number of aromatic nitrogens is 1. The van der Waals surface area contributed by atoms with E-state index in [1.165, 1.54) is 27.7 Å². The number of aryl methyl sites for hydroxylation is 3. The van der Waals surface area contributed by atoms with Crippen LogP contribution in [0.2, 0.25) is 0 Å². The predicted octanol–water partition coefficient (Wildman–Crippen LogP) is 5.17. The van der Waals surface area contributed by atoms with E-state index in [0.717, 1.165) is 16.7 Å². The lowest BCUT2D eigenvalue weighted by Crippen LogP contribution is -2.06. The van der Waals surface area contributed by atoms with E-state index in [2.05, 4.69) is 89.2 Å². The van der Waals surface area contributed by atoms with Crippen molar-refractivity contribution in [2.24, 2.45) is 7.05 Å². The number of halogens is 1. The second-order valence-electron chi connectivity index (χ2n) is 5.48. The first-order valence-electron chi connectivity index (χ1n) is 7.11. The Morgan fingerprint density at radius 2 is 1.86 bits per heavy atom. The number of hydrogen-bond donors (Lipinski definition) is 1. The standard InChI is InChI=1S/C18H19BrN2/c1-12-8-9-15(19)16(10-12)20-11-18-13(2)14-6-4-5-7-17(14)21(18)3/h4-10,20H,11H2,1-3H3. The van der Waals surface area contributed by atoms with Crippen molar-refractivity contribution in [1.82, 2.24) is 4.57 Å². The van der Waals surface area contributed by atoms with Gasteiger partial charge in [0.2, 0.25) is 0 Å². The van der Waals surface area contributed by atoms with Crippen molar-refractivity contribution in [3.05, 3.63) is 63.8 Å². The Balaban J connectivity index is 1.94. The lowest BCUT2D eigenvalue weighted by atomic mass is 10.1. The van der Waals surface area contributed by atoms with Crippen molar-refractivity contribution in [1.29, 1.82) is 0 Å². The highest BCUT2D eigenvalue weighted by molar-refractivity contribution is 9.10. The summed E-state index contributed by atoms with van der Waals surface area (Å²) in [6, 6.07) is 14.9. The number of anilines is 1. The van der Waals surface area contributed by atoms with Crippen LogP contribution in [0.5, 0.6) is 0 Å². The van der Waals surface area contributed by atoms with Crippen LogP contribution in [0.1, 0.15) is 16.8 Å². The molecule has 1 N–H and O–H groups in total. The van der Waals surface area contributed by atoms with E-state index in [-0.39, 0.29) is 0 Å². The Kier molecular flexibility index (Phi) is 3.77. The van der Waals surface area contributed by atoms with Gasteiger partial charge in [0, 0.05) is 33.8 Å².